The number of benzene rings is 3. The number of aryl methyl sites for hydroxylation is 1. The molecule has 35 heavy (non-hydrogen) atoms. The summed E-state index contributed by atoms with van der Waals surface area (Å²) in [4.78, 5) is 24.8. The van der Waals surface area contributed by atoms with E-state index in [1.807, 2.05) is 74.5 Å². The molecule has 6 heteroatoms. The molecule has 0 spiro atoms. The van der Waals surface area contributed by atoms with E-state index in [2.05, 4.69) is 16.7 Å². The van der Waals surface area contributed by atoms with Crippen LogP contribution in [0.1, 0.15) is 48.6 Å². The normalized spacial score (nSPS) is 11.4. The van der Waals surface area contributed by atoms with Crippen LogP contribution in [0.4, 0.5) is 4.79 Å². The van der Waals surface area contributed by atoms with Crippen LogP contribution in [-0.4, -0.2) is 25.7 Å². The lowest BCUT2D eigenvalue weighted by molar-refractivity contribution is -0.142. The van der Waals surface area contributed by atoms with Crippen molar-refractivity contribution in [1.29, 1.82) is 0 Å². The van der Waals surface area contributed by atoms with Gasteiger partial charge in [0.2, 0.25) is 0 Å². The van der Waals surface area contributed by atoms with Crippen LogP contribution in [0.3, 0.4) is 0 Å². The van der Waals surface area contributed by atoms with Crippen LogP contribution >= 0.6 is 0 Å². The summed E-state index contributed by atoms with van der Waals surface area (Å²) < 4.78 is 10.8. The van der Waals surface area contributed by atoms with Gasteiger partial charge in [-0.2, -0.15) is 0 Å². The predicted molar refractivity (Wildman–Crippen MR) is 138 cm³/mol. The lowest BCUT2D eigenvalue weighted by atomic mass is 9.90. The highest BCUT2D eigenvalue weighted by molar-refractivity contribution is 5.79. The Balaban J connectivity index is 1.89. The second kappa shape index (κ2) is 12.6. The largest absolute Gasteiger partial charge is 0.496 e. The fourth-order valence-corrected chi connectivity index (χ4v) is 4.05. The van der Waals surface area contributed by atoms with Gasteiger partial charge >= 0.3 is 12.0 Å². The molecule has 0 aromatic heterocycles. The lowest BCUT2D eigenvalue weighted by Crippen LogP contribution is -2.37. The Labute approximate surface area is 207 Å². The van der Waals surface area contributed by atoms with E-state index in [0.717, 1.165) is 33.4 Å². The molecule has 184 valence electrons. The highest BCUT2D eigenvalue weighted by Gasteiger charge is 2.20. The highest BCUT2D eigenvalue weighted by Crippen LogP contribution is 2.37. The topological polar surface area (TPSA) is 76.7 Å². The zero-order chi connectivity index (χ0) is 25.2. The quantitative estimate of drug-likeness (QED) is 0.368. The molecule has 0 bridgehead atoms. The maximum atomic E-state index is 12.7. The second-order valence-corrected chi connectivity index (χ2v) is 8.38. The molecular formula is C29H34N2O4. The van der Waals surface area contributed by atoms with E-state index in [9.17, 15) is 9.59 Å². The number of rotatable bonds is 10. The van der Waals surface area contributed by atoms with Crippen LogP contribution in [0.15, 0.2) is 66.7 Å². The van der Waals surface area contributed by atoms with Crippen molar-refractivity contribution in [3.63, 3.8) is 0 Å². The predicted octanol–water partition coefficient (Wildman–Crippen LogP) is 5.73. The first-order valence-electron chi connectivity index (χ1n) is 12.0. The minimum Gasteiger partial charge on any atom is -0.496 e. The number of esters is 1. The van der Waals surface area contributed by atoms with Crippen molar-refractivity contribution >= 4 is 12.0 Å². The summed E-state index contributed by atoms with van der Waals surface area (Å²) in [7, 11) is 1.63. The third-order valence-electron chi connectivity index (χ3n) is 5.80. The van der Waals surface area contributed by atoms with Gasteiger partial charge in [0.05, 0.1) is 26.2 Å². The number of methoxy groups -OCH3 is 1. The van der Waals surface area contributed by atoms with Gasteiger partial charge in [0.15, 0.2) is 0 Å². The van der Waals surface area contributed by atoms with Crippen LogP contribution in [0, 0.1) is 6.92 Å². The van der Waals surface area contributed by atoms with E-state index >= 15 is 0 Å². The van der Waals surface area contributed by atoms with Crippen molar-refractivity contribution in [3.05, 3.63) is 89.0 Å². The van der Waals surface area contributed by atoms with Gasteiger partial charge in [0.25, 0.3) is 0 Å². The van der Waals surface area contributed by atoms with Crippen molar-refractivity contribution in [3.8, 4) is 16.9 Å². The smallest absolute Gasteiger partial charge is 0.315 e. The average molecular weight is 475 g/mol. The Kier molecular flexibility index (Phi) is 9.30. The molecule has 3 rings (SSSR count). The summed E-state index contributed by atoms with van der Waals surface area (Å²) in [5, 5.41) is 6.06. The summed E-state index contributed by atoms with van der Waals surface area (Å²) in [6, 6.07) is 21.3. The van der Waals surface area contributed by atoms with E-state index in [1.165, 1.54) is 0 Å². The molecule has 2 N–H and O–H groups in total. The zero-order valence-corrected chi connectivity index (χ0v) is 20.9. The molecule has 0 saturated carbocycles. The Morgan fingerprint density at radius 3 is 2.37 bits per heavy atom. The number of ether oxygens (including phenoxy) is 2. The first-order chi connectivity index (χ1) is 16.9. The maximum Gasteiger partial charge on any atom is 0.315 e. The third kappa shape index (κ3) is 7.09. The molecule has 0 aliphatic rings. The van der Waals surface area contributed by atoms with Crippen molar-refractivity contribution in [2.24, 2.45) is 0 Å². The van der Waals surface area contributed by atoms with Crippen LogP contribution in [-0.2, 0) is 22.5 Å². The van der Waals surface area contributed by atoms with Gasteiger partial charge in [-0.3, -0.25) is 4.79 Å². The number of carbonyl (C=O) groups excluding carboxylic acids is 2. The van der Waals surface area contributed by atoms with Crippen LogP contribution in [0.25, 0.3) is 11.1 Å². The van der Waals surface area contributed by atoms with Gasteiger partial charge in [-0.25, -0.2) is 4.79 Å². The number of hydrogen-bond acceptors (Lipinski definition) is 4. The molecule has 0 radical (unpaired) electrons. The minimum atomic E-state index is -0.267. The Morgan fingerprint density at radius 2 is 1.69 bits per heavy atom. The van der Waals surface area contributed by atoms with Crippen molar-refractivity contribution in [2.75, 3.05) is 13.7 Å². The monoisotopic (exact) mass is 474 g/mol. The van der Waals surface area contributed by atoms with E-state index in [-0.39, 0.29) is 24.5 Å². The van der Waals surface area contributed by atoms with E-state index < -0.39 is 0 Å². The SMILES string of the molecule is CCOC(=O)Cc1ccc(OC)c(-c2cc(C)ccc2C(CC)NC(=O)NCc2ccccc2)c1. The lowest BCUT2D eigenvalue weighted by Gasteiger charge is -2.23. The zero-order valence-electron chi connectivity index (χ0n) is 20.9. The van der Waals surface area contributed by atoms with E-state index in [4.69, 9.17) is 9.47 Å². The van der Waals surface area contributed by atoms with Gasteiger partial charge in [-0.05, 0) is 54.7 Å². The molecule has 0 heterocycles. The maximum absolute atomic E-state index is 12.7. The first kappa shape index (κ1) is 25.8. The molecule has 3 aromatic carbocycles. The number of amides is 2. The molecule has 1 unspecified atom stereocenters. The minimum absolute atomic E-state index is 0.184. The van der Waals surface area contributed by atoms with Gasteiger partial charge in [0.1, 0.15) is 5.75 Å². The Hall–Kier alpha value is -3.80. The molecule has 2 amide bonds. The fourth-order valence-electron chi connectivity index (χ4n) is 4.05. The van der Waals surface area contributed by atoms with Gasteiger partial charge < -0.3 is 20.1 Å². The molecule has 0 saturated heterocycles. The van der Waals surface area contributed by atoms with Crippen LogP contribution < -0.4 is 15.4 Å². The summed E-state index contributed by atoms with van der Waals surface area (Å²) in [5.41, 5.74) is 5.79. The number of hydrogen-bond donors (Lipinski definition) is 2. The second-order valence-electron chi connectivity index (χ2n) is 8.38. The summed E-state index contributed by atoms with van der Waals surface area (Å²) in [6.07, 6.45) is 0.892. The molecular weight excluding hydrogens is 440 g/mol. The van der Waals surface area contributed by atoms with E-state index in [1.54, 1.807) is 14.0 Å². The first-order valence-corrected chi connectivity index (χ1v) is 12.0. The fraction of sp³-hybridized carbons (Fsp3) is 0.310. The van der Waals surface area contributed by atoms with Gasteiger partial charge in [-0.15, -0.1) is 0 Å². The standard InChI is InChI=1S/C29H34N2O4/c1-5-26(31-29(33)30-19-21-10-8-7-9-11-21)23-14-12-20(3)16-24(23)25-17-22(13-15-27(25)34-4)18-28(32)35-6-2/h7-17,26H,5-6,18-19H2,1-4H3,(H2,30,31,33). The Bertz CT molecular complexity index is 1140. The van der Waals surface area contributed by atoms with Gasteiger partial charge in [0, 0.05) is 12.1 Å². The molecule has 0 aliphatic carbocycles. The molecule has 3 aromatic rings. The summed E-state index contributed by atoms with van der Waals surface area (Å²) in [6.45, 7) is 6.67. The number of urea groups is 1. The molecule has 0 aliphatic heterocycles. The molecule has 6 nitrogen and oxygen atoms in total. The summed E-state index contributed by atoms with van der Waals surface area (Å²) in [5.74, 6) is 0.434. The van der Waals surface area contributed by atoms with E-state index in [0.29, 0.717) is 25.3 Å². The van der Waals surface area contributed by atoms with Crippen LogP contribution in [0.2, 0.25) is 0 Å². The molecule has 0 fully saturated rings. The van der Waals surface area contributed by atoms with Crippen LogP contribution in [0.5, 0.6) is 5.75 Å². The van der Waals surface area contributed by atoms with Gasteiger partial charge in [-0.1, -0.05) is 67.1 Å². The average Bonchev–Trinajstić information content (AvgIpc) is 2.87. The third-order valence-corrected chi connectivity index (χ3v) is 5.80. The van der Waals surface area contributed by atoms with Crippen molar-refractivity contribution in [2.45, 2.75) is 46.2 Å². The highest BCUT2D eigenvalue weighted by atomic mass is 16.5. The number of nitrogens with one attached hydrogen (secondary N) is 2. The van der Waals surface area contributed by atoms with Crippen molar-refractivity contribution < 1.29 is 19.1 Å². The summed E-state index contributed by atoms with van der Waals surface area (Å²) >= 11 is 0. The molecule has 1 atom stereocenters. The Morgan fingerprint density at radius 1 is 0.914 bits per heavy atom. The number of carbonyl (C=O) groups is 2. The van der Waals surface area contributed by atoms with Crippen molar-refractivity contribution in [1.82, 2.24) is 10.6 Å².